The van der Waals surface area contributed by atoms with Gasteiger partial charge in [0, 0.05) is 19.2 Å². The topological polar surface area (TPSA) is 94.2 Å². The maximum absolute atomic E-state index is 13.0. The fourth-order valence-electron chi connectivity index (χ4n) is 3.76. The molecular weight excluding hydrogens is 382 g/mol. The summed E-state index contributed by atoms with van der Waals surface area (Å²) in [7, 11) is 1.65. The van der Waals surface area contributed by atoms with Crippen LogP contribution < -0.4 is 4.74 Å². The van der Waals surface area contributed by atoms with E-state index in [1.54, 1.807) is 19.5 Å². The average Bonchev–Trinajstić information content (AvgIpc) is 3.28. The molecule has 0 aliphatic carbocycles. The molecule has 30 heavy (non-hydrogen) atoms. The summed E-state index contributed by atoms with van der Waals surface area (Å²) in [5.41, 5.74) is 2.38. The number of benzene rings is 1. The molecule has 3 aromatic rings. The van der Waals surface area contributed by atoms with Crippen LogP contribution in [0.3, 0.4) is 0 Å². The smallest absolute Gasteiger partial charge is 0.267 e. The number of piperidine rings is 1. The van der Waals surface area contributed by atoms with Gasteiger partial charge in [0.15, 0.2) is 0 Å². The first-order chi connectivity index (χ1) is 14.7. The lowest BCUT2D eigenvalue weighted by atomic mass is 10.0. The first-order valence-electron chi connectivity index (χ1n) is 10.2. The molecule has 1 fully saturated rings. The predicted molar refractivity (Wildman–Crippen MR) is 110 cm³/mol. The van der Waals surface area contributed by atoms with Crippen molar-refractivity contribution in [3.8, 4) is 17.3 Å². The van der Waals surface area contributed by atoms with Crippen LogP contribution in [0.1, 0.15) is 48.9 Å². The van der Waals surface area contributed by atoms with Gasteiger partial charge in [-0.15, -0.1) is 10.2 Å². The van der Waals surface area contributed by atoms with Crippen LogP contribution in [-0.2, 0) is 11.2 Å². The van der Waals surface area contributed by atoms with Crippen LogP contribution in [0.5, 0.6) is 5.75 Å². The number of ether oxygens (including phenoxy) is 1. The van der Waals surface area contributed by atoms with Crippen LogP contribution in [0, 0.1) is 6.92 Å². The lowest BCUT2D eigenvalue weighted by Crippen LogP contribution is -2.38. The van der Waals surface area contributed by atoms with Gasteiger partial charge in [-0.2, -0.15) is 0 Å². The van der Waals surface area contributed by atoms with Crippen molar-refractivity contribution in [1.82, 2.24) is 25.1 Å². The minimum absolute atomic E-state index is 0.0838. The molecule has 156 valence electrons. The second-order valence-corrected chi connectivity index (χ2v) is 7.40. The Hall–Kier alpha value is -3.29. The van der Waals surface area contributed by atoms with Crippen molar-refractivity contribution in [2.24, 2.45) is 0 Å². The molecule has 8 heteroatoms. The third-order valence-electron chi connectivity index (χ3n) is 5.35. The van der Waals surface area contributed by atoms with E-state index in [1.165, 1.54) is 0 Å². The molecule has 3 heterocycles. The first-order valence-corrected chi connectivity index (χ1v) is 10.2. The van der Waals surface area contributed by atoms with Crippen molar-refractivity contribution in [1.29, 1.82) is 0 Å². The fraction of sp³-hybridized carbons (Fsp3) is 0.409. The van der Waals surface area contributed by atoms with Gasteiger partial charge in [-0.1, -0.05) is 18.2 Å². The molecule has 2 aromatic heterocycles. The van der Waals surface area contributed by atoms with E-state index in [2.05, 4.69) is 20.2 Å². The summed E-state index contributed by atoms with van der Waals surface area (Å²) in [6, 6.07) is 7.59. The van der Waals surface area contributed by atoms with Gasteiger partial charge < -0.3 is 14.1 Å². The van der Waals surface area contributed by atoms with Crippen molar-refractivity contribution >= 4 is 5.91 Å². The summed E-state index contributed by atoms with van der Waals surface area (Å²) in [4.78, 5) is 23.4. The number of rotatable bonds is 6. The van der Waals surface area contributed by atoms with Gasteiger partial charge in [-0.3, -0.25) is 9.78 Å². The second kappa shape index (κ2) is 9.02. The number of hydrogen-bond donors (Lipinski definition) is 0. The summed E-state index contributed by atoms with van der Waals surface area (Å²) in [5, 5.41) is 8.35. The monoisotopic (exact) mass is 407 g/mol. The number of para-hydroxylation sites is 1. The number of carbonyl (C=O) groups excluding carboxylic acids is 1. The molecule has 0 saturated carbocycles. The largest absolute Gasteiger partial charge is 0.496 e. The molecule has 1 aromatic carbocycles. The van der Waals surface area contributed by atoms with E-state index in [0.717, 1.165) is 36.3 Å². The minimum Gasteiger partial charge on any atom is -0.496 e. The number of methoxy groups -OCH3 is 1. The molecule has 0 radical (unpaired) electrons. The molecule has 0 bridgehead atoms. The zero-order valence-corrected chi connectivity index (χ0v) is 17.2. The Balaban J connectivity index is 1.47. The van der Waals surface area contributed by atoms with Crippen LogP contribution in [0.25, 0.3) is 11.6 Å². The van der Waals surface area contributed by atoms with E-state index in [1.807, 2.05) is 36.1 Å². The van der Waals surface area contributed by atoms with E-state index < -0.39 is 0 Å². The first kappa shape index (κ1) is 20.0. The minimum atomic E-state index is -0.205. The van der Waals surface area contributed by atoms with Crippen molar-refractivity contribution < 1.29 is 13.9 Å². The summed E-state index contributed by atoms with van der Waals surface area (Å²) >= 11 is 0. The molecule has 1 atom stereocenters. The van der Waals surface area contributed by atoms with E-state index in [9.17, 15) is 4.79 Å². The van der Waals surface area contributed by atoms with Crippen LogP contribution in [-0.4, -0.2) is 44.6 Å². The van der Waals surface area contributed by atoms with E-state index in [4.69, 9.17) is 9.15 Å². The number of aromatic nitrogens is 4. The summed E-state index contributed by atoms with van der Waals surface area (Å²) in [6.45, 7) is 2.56. The number of carbonyl (C=O) groups is 1. The van der Waals surface area contributed by atoms with E-state index in [-0.39, 0.29) is 11.9 Å². The Morgan fingerprint density at radius 1 is 1.20 bits per heavy atom. The molecule has 4 rings (SSSR count). The van der Waals surface area contributed by atoms with Crippen LogP contribution in [0.2, 0.25) is 0 Å². The predicted octanol–water partition coefficient (Wildman–Crippen LogP) is 3.53. The lowest BCUT2D eigenvalue weighted by molar-refractivity contribution is -0.135. The highest BCUT2D eigenvalue weighted by Gasteiger charge is 2.32. The van der Waals surface area contributed by atoms with Gasteiger partial charge in [0.2, 0.25) is 11.8 Å². The van der Waals surface area contributed by atoms with Crippen molar-refractivity contribution in [2.75, 3.05) is 13.7 Å². The number of hydrogen-bond acceptors (Lipinski definition) is 7. The maximum Gasteiger partial charge on any atom is 0.267 e. The third-order valence-corrected chi connectivity index (χ3v) is 5.35. The van der Waals surface area contributed by atoms with Gasteiger partial charge in [-0.25, -0.2) is 4.98 Å². The van der Waals surface area contributed by atoms with Gasteiger partial charge in [0.05, 0.1) is 19.0 Å². The SMILES string of the molecule is COc1ccccc1CCC(=O)N1CCCC[C@H]1c1nnc(-c2cnc(C)cn2)o1. The number of amides is 1. The average molecular weight is 407 g/mol. The summed E-state index contributed by atoms with van der Waals surface area (Å²) < 4.78 is 11.3. The van der Waals surface area contributed by atoms with Gasteiger partial charge in [-0.05, 0) is 44.2 Å². The van der Waals surface area contributed by atoms with Crippen molar-refractivity contribution in [3.63, 3.8) is 0 Å². The molecule has 1 saturated heterocycles. The standard InChI is InChI=1S/C22H25N5O3/c1-15-13-24-17(14-23-15)21-25-26-22(30-21)18-8-5-6-12-27(18)20(28)11-10-16-7-3-4-9-19(16)29-2/h3-4,7,9,13-14,18H,5-6,8,10-12H2,1-2H3/t18-/m0/s1. The Morgan fingerprint density at radius 2 is 2.07 bits per heavy atom. The molecule has 1 amide bonds. The highest BCUT2D eigenvalue weighted by molar-refractivity contribution is 5.77. The zero-order valence-electron chi connectivity index (χ0n) is 17.2. The van der Waals surface area contributed by atoms with E-state index >= 15 is 0 Å². The highest BCUT2D eigenvalue weighted by atomic mass is 16.5. The molecule has 0 unspecified atom stereocenters. The highest BCUT2D eigenvalue weighted by Crippen LogP contribution is 2.32. The van der Waals surface area contributed by atoms with E-state index in [0.29, 0.717) is 36.9 Å². The van der Waals surface area contributed by atoms with Crippen molar-refractivity contribution in [2.45, 2.75) is 45.1 Å². The Morgan fingerprint density at radius 3 is 2.87 bits per heavy atom. The van der Waals surface area contributed by atoms with Gasteiger partial charge in [0.1, 0.15) is 17.5 Å². The normalized spacial score (nSPS) is 16.5. The number of aryl methyl sites for hydroxylation is 2. The van der Waals surface area contributed by atoms with Gasteiger partial charge in [0.25, 0.3) is 5.89 Å². The van der Waals surface area contributed by atoms with Crippen LogP contribution in [0.15, 0.2) is 41.1 Å². The maximum atomic E-state index is 13.0. The Bertz CT molecular complexity index is 1000. The second-order valence-electron chi connectivity index (χ2n) is 7.40. The molecule has 8 nitrogen and oxygen atoms in total. The Kier molecular flexibility index (Phi) is 6.02. The summed E-state index contributed by atoms with van der Waals surface area (Å²) in [5.74, 6) is 1.67. The van der Waals surface area contributed by atoms with Gasteiger partial charge >= 0.3 is 0 Å². The molecular formula is C22H25N5O3. The zero-order chi connectivity index (χ0) is 20.9. The van der Waals surface area contributed by atoms with Crippen molar-refractivity contribution in [3.05, 3.63) is 53.8 Å². The van der Waals surface area contributed by atoms with Crippen LogP contribution in [0.4, 0.5) is 0 Å². The molecule has 0 spiro atoms. The van der Waals surface area contributed by atoms with Crippen LogP contribution >= 0.6 is 0 Å². The summed E-state index contributed by atoms with van der Waals surface area (Å²) in [6.07, 6.45) is 7.10. The Labute approximate surface area is 175 Å². The third kappa shape index (κ3) is 4.32. The lowest BCUT2D eigenvalue weighted by Gasteiger charge is -2.33. The fourth-order valence-corrected chi connectivity index (χ4v) is 3.76. The molecule has 0 N–H and O–H groups in total. The number of likely N-dealkylation sites (tertiary alicyclic amines) is 1. The molecule has 1 aliphatic heterocycles. The quantitative estimate of drug-likeness (QED) is 0.617. The number of nitrogens with zero attached hydrogens (tertiary/aromatic N) is 5. The molecule has 1 aliphatic rings.